The highest BCUT2D eigenvalue weighted by molar-refractivity contribution is 6.42. The van der Waals surface area contributed by atoms with E-state index < -0.39 is 0 Å². The van der Waals surface area contributed by atoms with E-state index in [4.69, 9.17) is 23.2 Å². The van der Waals surface area contributed by atoms with Gasteiger partial charge in [-0.05, 0) is 47.7 Å². The van der Waals surface area contributed by atoms with E-state index in [9.17, 15) is 0 Å². The molecule has 2 heterocycles. The van der Waals surface area contributed by atoms with Gasteiger partial charge in [-0.1, -0.05) is 65.5 Å². The Kier molecular flexibility index (Phi) is 6.00. The van der Waals surface area contributed by atoms with Gasteiger partial charge in [-0.25, -0.2) is 9.50 Å². The lowest BCUT2D eigenvalue weighted by atomic mass is 10.1. The van der Waals surface area contributed by atoms with Gasteiger partial charge in [0.2, 0.25) is 0 Å². The molecule has 0 aliphatic rings. The van der Waals surface area contributed by atoms with Crippen molar-refractivity contribution in [2.75, 3.05) is 5.32 Å². The lowest BCUT2D eigenvalue weighted by Crippen LogP contribution is -2.05. The van der Waals surface area contributed by atoms with Gasteiger partial charge in [-0.3, -0.25) is 0 Å². The summed E-state index contributed by atoms with van der Waals surface area (Å²) in [7, 11) is 0. The van der Waals surface area contributed by atoms with Crippen LogP contribution in [0.4, 0.5) is 5.82 Å². The summed E-state index contributed by atoms with van der Waals surface area (Å²) in [6.45, 7) is 0.585. The van der Waals surface area contributed by atoms with E-state index in [2.05, 4.69) is 39.4 Å². The zero-order valence-corrected chi connectivity index (χ0v) is 17.1. The average molecular weight is 421 g/mol. The Morgan fingerprint density at radius 2 is 1.79 bits per heavy atom. The van der Waals surface area contributed by atoms with Crippen LogP contribution in [0.5, 0.6) is 0 Å². The van der Waals surface area contributed by atoms with Gasteiger partial charge >= 0.3 is 0 Å². The molecule has 4 aromatic rings. The molecule has 2 aromatic carbocycles. The van der Waals surface area contributed by atoms with Crippen LogP contribution in [0.15, 0.2) is 66.9 Å². The minimum absolute atomic E-state index is 0.539. The van der Waals surface area contributed by atoms with Crippen molar-refractivity contribution in [3.63, 3.8) is 0 Å². The summed E-state index contributed by atoms with van der Waals surface area (Å²) in [6, 6.07) is 19.7. The fourth-order valence-electron chi connectivity index (χ4n) is 2.90. The molecule has 29 heavy (non-hydrogen) atoms. The molecule has 2 aromatic heterocycles. The summed E-state index contributed by atoms with van der Waals surface area (Å²) in [5.41, 5.74) is 3.84. The average Bonchev–Trinajstić information content (AvgIpc) is 3.15. The molecule has 0 radical (unpaired) electrons. The van der Waals surface area contributed by atoms with Gasteiger partial charge in [0.15, 0.2) is 5.65 Å². The maximum Gasteiger partial charge on any atom is 0.155 e. The SMILES string of the molecule is Clc1ccc(CNc2ccc3ncc(C#CCCc4ccccc4)n3n2)cc1Cl. The number of fused-ring (bicyclic) bond motifs is 1. The normalized spacial score (nSPS) is 10.6. The number of rotatable bonds is 5. The summed E-state index contributed by atoms with van der Waals surface area (Å²) >= 11 is 12.0. The predicted octanol–water partition coefficient (Wildman–Crippen LogP) is 5.63. The fourth-order valence-corrected chi connectivity index (χ4v) is 3.22. The van der Waals surface area contributed by atoms with Crippen molar-refractivity contribution in [2.24, 2.45) is 0 Å². The molecule has 0 saturated carbocycles. The second-order valence-electron chi connectivity index (χ2n) is 6.52. The molecule has 0 unspecified atom stereocenters. The van der Waals surface area contributed by atoms with Crippen molar-refractivity contribution < 1.29 is 0 Å². The number of hydrogen-bond acceptors (Lipinski definition) is 3. The van der Waals surface area contributed by atoms with E-state index in [-0.39, 0.29) is 0 Å². The topological polar surface area (TPSA) is 42.2 Å². The molecule has 0 aliphatic carbocycles. The monoisotopic (exact) mass is 420 g/mol. The molecule has 0 bridgehead atoms. The van der Waals surface area contributed by atoms with Crippen LogP contribution in [0, 0.1) is 11.8 Å². The van der Waals surface area contributed by atoms with Gasteiger partial charge in [-0.15, -0.1) is 5.10 Å². The first kappa shape index (κ1) is 19.3. The summed E-state index contributed by atoms with van der Waals surface area (Å²) in [5.74, 6) is 7.13. The number of aromatic nitrogens is 3. The zero-order valence-electron chi connectivity index (χ0n) is 15.6. The number of imidazole rings is 1. The van der Waals surface area contributed by atoms with Crippen LogP contribution in [0.1, 0.15) is 23.2 Å². The van der Waals surface area contributed by atoms with E-state index >= 15 is 0 Å². The van der Waals surface area contributed by atoms with E-state index in [1.807, 2.05) is 42.5 Å². The molecule has 0 spiro atoms. The molecule has 4 rings (SSSR count). The quantitative estimate of drug-likeness (QED) is 0.425. The Morgan fingerprint density at radius 3 is 2.62 bits per heavy atom. The van der Waals surface area contributed by atoms with Crippen LogP contribution >= 0.6 is 23.2 Å². The molecule has 0 amide bonds. The third-order valence-electron chi connectivity index (χ3n) is 4.42. The maximum atomic E-state index is 6.08. The molecule has 144 valence electrons. The van der Waals surface area contributed by atoms with Gasteiger partial charge in [0.25, 0.3) is 0 Å². The number of halogens is 2. The summed E-state index contributed by atoms with van der Waals surface area (Å²) in [4.78, 5) is 4.37. The van der Waals surface area contributed by atoms with Gasteiger partial charge in [0, 0.05) is 13.0 Å². The molecule has 0 aliphatic heterocycles. The lowest BCUT2D eigenvalue weighted by molar-refractivity contribution is 0.913. The Labute approximate surface area is 179 Å². The Balaban J connectivity index is 1.44. The summed E-state index contributed by atoms with van der Waals surface area (Å²) in [5, 5.41) is 8.99. The van der Waals surface area contributed by atoms with Crippen LogP contribution in [0.3, 0.4) is 0 Å². The lowest BCUT2D eigenvalue weighted by Gasteiger charge is -2.07. The van der Waals surface area contributed by atoms with Crippen molar-refractivity contribution in [1.29, 1.82) is 0 Å². The second kappa shape index (κ2) is 9.00. The van der Waals surface area contributed by atoms with Crippen LogP contribution in [-0.2, 0) is 13.0 Å². The molecule has 0 saturated heterocycles. The van der Waals surface area contributed by atoms with Crippen LogP contribution in [-0.4, -0.2) is 14.6 Å². The number of nitrogens with zero attached hydrogens (tertiary/aromatic N) is 3. The number of aryl methyl sites for hydroxylation is 1. The van der Waals surface area contributed by atoms with Crippen LogP contribution < -0.4 is 5.32 Å². The van der Waals surface area contributed by atoms with Crippen LogP contribution in [0.25, 0.3) is 5.65 Å². The van der Waals surface area contributed by atoms with Crippen molar-refractivity contribution in [3.05, 3.63) is 93.7 Å². The minimum atomic E-state index is 0.539. The van der Waals surface area contributed by atoms with Crippen molar-refractivity contribution >= 4 is 34.7 Å². The number of nitrogens with one attached hydrogen (secondary N) is 1. The largest absolute Gasteiger partial charge is 0.365 e. The maximum absolute atomic E-state index is 6.08. The van der Waals surface area contributed by atoms with Gasteiger partial charge < -0.3 is 5.32 Å². The van der Waals surface area contributed by atoms with Crippen LogP contribution in [0.2, 0.25) is 10.0 Å². The molecule has 0 fully saturated rings. The molecular formula is C23H18Cl2N4. The third-order valence-corrected chi connectivity index (χ3v) is 5.16. The van der Waals surface area contributed by atoms with Gasteiger partial charge in [0.05, 0.1) is 16.2 Å². The summed E-state index contributed by atoms with van der Waals surface area (Å²) < 4.78 is 1.76. The first-order valence-corrected chi connectivity index (χ1v) is 10.00. The van der Waals surface area contributed by atoms with Crippen molar-refractivity contribution in [3.8, 4) is 11.8 Å². The fraction of sp³-hybridized carbons (Fsp3) is 0.130. The first-order chi connectivity index (χ1) is 14.2. The van der Waals surface area contributed by atoms with Gasteiger partial charge in [0.1, 0.15) is 11.5 Å². The first-order valence-electron chi connectivity index (χ1n) is 9.24. The van der Waals surface area contributed by atoms with E-state index in [1.54, 1.807) is 16.8 Å². The number of benzene rings is 2. The number of hydrogen-bond donors (Lipinski definition) is 1. The third kappa shape index (κ3) is 4.89. The number of anilines is 1. The van der Waals surface area contributed by atoms with E-state index in [1.165, 1.54) is 5.56 Å². The highest BCUT2D eigenvalue weighted by Crippen LogP contribution is 2.23. The molecule has 0 atom stereocenters. The second-order valence-corrected chi connectivity index (χ2v) is 7.34. The molecule has 4 nitrogen and oxygen atoms in total. The highest BCUT2D eigenvalue weighted by atomic mass is 35.5. The van der Waals surface area contributed by atoms with Crippen molar-refractivity contribution in [1.82, 2.24) is 14.6 Å². The van der Waals surface area contributed by atoms with Crippen molar-refractivity contribution in [2.45, 2.75) is 19.4 Å². The minimum Gasteiger partial charge on any atom is -0.365 e. The smallest absolute Gasteiger partial charge is 0.155 e. The predicted molar refractivity (Wildman–Crippen MR) is 118 cm³/mol. The van der Waals surface area contributed by atoms with Gasteiger partial charge in [-0.2, -0.15) is 0 Å². The zero-order chi connectivity index (χ0) is 20.1. The highest BCUT2D eigenvalue weighted by Gasteiger charge is 2.05. The van der Waals surface area contributed by atoms with E-state index in [0.29, 0.717) is 16.6 Å². The standard InChI is InChI=1S/C23H18Cl2N4/c24-20-11-10-18(14-21(20)25)15-26-22-12-13-23-27-16-19(29(23)28-22)9-5-4-8-17-6-2-1-3-7-17/h1-3,6-7,10-14,16H,4,8,15H2,(H,26,28). The Morgan fingerprint density at radius 1 is 0.931 bits per heavy atom. The Bertz CT molecular complexity index is 1190. The molecule has 1 N–H and O–H groups in total. The Hall–Kier alpha value is -3.00. The van der Waals surface area contributed by atoms with E-state index in [0.717, 1.165) is 35.6 Å². The summed E-state index contributed by atoms with van der Waals surface area (Å²) in [6.07, 6.45) is 3.46. The molecule has 6 heteroatoms. The molecular weight excluding hydrogens is 403 g/mol.